The molecule has 3 aromatic carbocycles. The summed E-state index contributed by atoms with van der Waals surface area (Å²) in [6.07, 6.45) is 2.46. The minimum absolute atomic E-state index is 0.287. The van der Waals surface area contributed by atoms with Gasteiger partial charge in [0.25, 0.3) is 0 Å². The van der Waals surface area contributed by atoms with E-state index < -0.39 is 0 Å². The van der Waals surface area contributed by atoms with E-state index in [4.69, 9.17) is 0 Å². The molecule has 2 aromatic heterocycles. The fourth-order valence-corrected chi connectivity index (χ4v) is 4.60. The molecule has 5 heteroatoms. The molecule has 0 aliphatic heterocycles. The first-order valence-corrected chi connectivity index (χ1v) is 11.1. The average Bonchev–Trinajstić information content (AvgIpc) is 3.26. The number of fused-ring (bicyclic) bond motifs is 1. The summed E-state index contributed by atoms with van der Waals surface area (Å²) in [6.45, 7) is 0.749. The Bertz CT molecular complexity index is 1300. The summed E-state index contributed by atoms with van der Waals surface area (Å²) in [5.41, 5.74) is 5.88. The van der Waals surface area contributed by atoms with Gasteiger partial charge in [0.1, 0.15) is 22.7 Å². The zero-order valence-corrected chi connectivity index (χ0v) is 17.6. The molecule has 0 amide bonds. The van der Waals surface area contributed by atoms with Crippen LogP contribution in [0.2, 0.25) is 0 Å². The van der Waals surface area contributed by atoms with Gasteiger partial charge < -0.3 is 10.4 Å². The van der Waals surface area contributed by atoms with Crippen molar-refractivity contribution in [2.75, 3.05) is 11.9 Å². The maximum atomic E-state index is 9.44. The highest BCUT2D eigenvalue weighted by Crippen LogP contribution is 2.37. The van der Waals surface area contributed by atoms with E-state index in [0.29, 0.717) is 0 Å². The SMILES string of the molecule is Oc1ccc(CCNc2ncnc3scc(-c4ccc(-c5ccccc5)cc4)c23)cc1. The minimum Gasteiger partial charge on any atom is -0.508 e. The summed E-state index contributed by atoms with van der Waals surface area (Å²) in [5.74, 6) is 1.14. The first-order chi connectivity index (χ1) is 15.3. The standard InChI is InChI=1S/C26H21N3OS/c30-22-12-6-18(7-13-22)14-15-27-25-24-23(16-31-26(24)29-17-28-25)21-10-8-20(9-11-21)19-4-2-1-3-5-19/h1-13,16-17,30H,14-15H2,(H,27,28,29). The van der Waals surface area contributed by atoms with E-state index in [9.17, 15) is 5.11 Å². The second kappa shape index (κ2) is 8.58. The zero-order valence-electron chi connectivity index (χ0n) is 16.8. The Labute approximate surface area is 184 Å². The lowest BCUT2D eigenvalue weighted by Crippen LogP contribution is -2.06. The monoisotopic (exact) mass is 423 g/mol. The maximum absolute atomic E-state index is 9.44. The van der Waals surface area contributed by atoms with Crippen molar-refractivity contribution in [3.8, 4) is 28.0 Å². The van der Waals surface area contributed by atoms with Crippen LogP contribution in [0.5, 0.6) is 5.75 Å². The van der Waals surface area contributed by atoms with Crippen LogP contribution in [0.3, 0.4) is 0 Å². The molecule has 0 radical (unpaired) electrons. The van der Waals surface area contributed by atoms with Crippen molar-refractivity contribution < 1.29 is 5.11 Å². The van der Waals surface area contributed by atoms with Gasteiger partial charge in [-0.25, -0.2) is 9.97 Å². The van der Waals surface area contributed by atoms with Gasteiger partial charge in [0, 0.05) is 17.5 Å². The summed E-state index contributed by atoms with van der Waals surface area (Å²) < 4.78 is 0. The molecule has 0 fully saturated rings. The predicted molar refractivity (Wildman–Crippen MR) is 129 cm³/mol. The van der Waals surface area contributed by atoms with Crippen molar-refractivity contribution >= 4 is 27.4 Å². The van der Waals surface area contributed by atoms with E-state index in [-0.39, 0.29) is 5.75 Å². The van der Waals surface area contributed by atoms with E-state index in [1.807, 2.05) is 18.2 Å². The molecule has 0 atom stereocenters. The van der Waals surface area contributed by atoms with Crippen molar-refractivity contribution in [2.45, 2.75) is 6.42 Å². The molecule has 4 nitrogen and oxygen atoms in total. The first-order valence-electron chi connectivity index (χ1n) is 10.2. The van der Waals surface area contributed by atoms with Crippen molar-refractivity contribution in [3.63, 3.8) is 0 Å². The molecule has 31 heavy (non-hydrogen) atoms. The van der Waals surface area contributed by atoms with Crippen molar-refractivity contribution in [3.05, 3.63) is 96.1 Å². The fraction of sp³-hybridized carbons (Fsp3) is 0.0769. The lowest BCUT2D eigenvalue weighted by Gasteiger charge is -2.09. The second-order valence-electron chi connectivity index (χ2n) is 7.34. The Morgan fingerprint density at radius 3 is 2.26 bits per heavy atom. The van der Waals surface area contributed by atoms with Gasteiger partial charge in [-0.1, -0.05) is 66.7 Å². The van der Waals surface area contributed by atoms with Crippen LogP contribution in [-0.2, 0) is 6.42 Å². The molecule has 0 saturated carbocycles. The summed E-state index contributed by atoms with van der Waals surface area (Å²) in [6, 6.07) is 26.4. The van der Waals surface area contributed by atoms with Crippen LogP contribution >= 0.6 is 11.3 Å². The van der Waals surface area contributed by atoms with Crippen LogP contribution in [0.1, 0.15) is 5.56 Å². The third kappa shape index (κ3) is 4.13. The van der Waals surface area contributed by atoms with Crippen LogP contribution in [0.4, 0.5) is 5.82 Å². The quantitative estimate of drug-likeness (QED) is 0.332. The Morgan fingerprint density at radius 1 is 0.774 bits per heavy atom. The van der Waals surface area contributed by atoms with Gasteiger partial charge in [-0.05, 0) is 40.8 Å². The largest absolute Gasteiger partial charge is 0.508 e. The summed E-state index contributed by atoms with van der Waals surface area (Å²) in [5, 5.41) is 16.1. The molecule has 0 unspecified atom stereocenters. The molecule has 5 aromatic rings. The Kier molecular flexibility index (Phi) is 5.33. The van der Waals surface area contributed by atoms with Crippen LogP contribution < -0.4 is 5.32 Å². The molecule has 152 valence electrons. The van der Waals surface area contributed by atoms with E-state index in [0.717, 1.165) is 45.7 Å². The lowest BCUT2D eigenvalue weighted by molar-refractivity contribution is 0.475. The second-order valence-corrected chi connectivity index (χ2v) is 8.20. The van der Waals surface area contributed by atoms with Crippen molar-refractivity contribution in [2.24, 2.45) is 0 Å². The number of rotatable bonds is 6. The summed E-state index contributed by atoms with van der Waals surface area (Å²) in [4.78, 5) is 9.97. The van der Waals surface area contributed by atoms with E-state index in [2.05, 4.69) is 69.2 Å². The number of aromatic nitrogens is 2. The number of hydrogen-bond acceptors (Lipinski definition) is 5. The van der Waals surface area contributed by atoms with Crippen molar-refractivity contribution in [1.82, 2.24) is 9.97 Å². The van der Waals surface area contributed by atoms with Gasteiger partial charge in [-0.15, -0.1) is 11.3 Å². The van der Waals surface area contributed by atoms with Crippen molar-refractivity contribution in [1.29, 1.82) is 0 Å². The van der Waals surface area contributed by atoms with Gasteiger partial charge in [-0.3, -0.25) is 0 Å². The number of aromatic hydroxyl groups is 1. The van der Waals surface area contributed by atoms with Crippen LogP contribution in [-0.4, -0.2) is 21.6 Å². The Morgan fingerprint density at radius 2 is 1.48 bits per heavy atom. The fourth-order valence-electron chi connectivity index (χ4n) is 3.68. The average molecular weight is 424 g/mol. The number of anilines is 1. The number of benzene rings is 3. The molecular formula is C26H21N3OS. The maximum Gasteiger partial charge on any atom is 0.138 e. The number of nitrogens with one attached hydrogen (secondary N) is 1. The Hall–Kier alpha value is -3.70. The molecule has 2 N–H and O–H groups in total. The number of nitrogens with zero attached hydrogens (tertiary/aromatic N) is 2. The van der Waals surface area contributed by atoms with E-state index in [1.165, 1.54) is 11.1 Å². The van der Waals surface area contributed by atoms with Gasteiger partial charge in [0.15, 0.2) is 0 Å². The first kappa shape index (κ1) is 19.3. The van der Waals surface area contributed by atoms with Gasteiger partial charge in [-0.2, -0.15) is 0 Å². The lowest BCUT2D eigenvalue weighted by atomic mass is 10.0. The summed E-state index contributed by atoms with van der Waals surface area (Å²) >= 11 is 1.64. The highest BCUT2D eigenvalue weighted by Gasteiger charge is 2.13. The summed E-state index contributed by atoms with van der Waals surface area (Å²) in [7, 11) is 0. The highest BCUT2D eigenvalue weighted by molar-refractivity contribution is 7.17. The third-order valence-electron chi connectivity index (χ3n) is 5.32. The van der Waals surface area contributed by atoms with Crippen LogP contribution in [0.15, 0.2) is 90.6 Å². The van der Waals surface area contributed by atoms with Gasteiger partial charge >= 0.3 is 0 Å². The zero-order chi connectivity index (χ0) is 21.0. The molecule has 5 rings (SSSR count). The smallest absolute Gasteiger partial charge is 0.138 e. The predicted octanol–water partition coefficient (Wildman–Crippen LogP) is 6.39. The molecule has 2 heterocycles. The topological polar surface area (TPSA) is 58.0 Å². The highest BCUT2D eigenvalue weighted by atomic mass is 32.1. The normalized spacial score (nSPS) is 11.0. The Balaban J connectivity index is 1.40. The van der Waals surface area contributed by atoms with Gasteiger partial charge in [0.05, 0.1) is 5.39 Å². The van der Waals surface area contributed by atoms with E-state index in [1.54, 1.807) is 29.8 Å². The molecule has 0 aliphatic rings. The molecule has 0 saturated heterocycles. The number of thiophene rings is 1. The number of phenols is 1. The number of hydrogen-bond donors (Lipinski definition) is 2. The van der Waals surface area contributed by atoms with Gasteiger partial charge in [0.2, 0.25) is 0 Å². The number of phenolic OH excluding ortho intramolecular Hbond substituents is 1. The van der Waals surface area contributed by atoms with Crippen LogP contribution in [0.25, 0.3) is 32.5 Å². The molecular weight excluding hydrogens is 402 g/mol. The molecule has 0 aliphatic carbocycles. The van der Waals surface area contributed by atoms with Crippen LogP contribution in [0, 0.1) is 0 Å². The van der Waals surface area contributed by atoms with E-state index >= 15 is 0 Å². The third-order valence-corrected chi connectivity index (χ3v) is 6.20. The minimum atomic E-state index is 0.287. The molecule has 0 bridgehead atoms. The molecule has 0 spiro atoms.